The first-order chi connectivity index (χ1) is 11.7. The van der Waals surface area contributed by atoms with E-state index in [1.165, 1.54) is 71.6 Å². The second kappa shape index (κ2) is 7.42. The lowest BCUT2D eigenvalue weighted by molar-refractivity contribution is 0.653. The Kier molecular flexibility index (Phi) is 5.28. The third-order valence-electron chi connectivity index (χ3n) is 5.35. The van der Waals surface area contributed by atoms with Crippen LogP contribution in [0.25, 0.3) is 21.9 Å². The Bertz CT molecular complexity index is 838. The zero-order valence-corrected chi connectivity index (χ0v) is 15.7. The number of furan rings is 1. The molecule has 1 heterocycles. The van der Waals surface area contributed by atoms with Crippen molar-refractivity contribution in [1.29, 1.82) is 0 Å². The van der Waals surface area contributed by atoms with Crippen LogP contribution < -0.4 is 0 Å². The molecule has 0 radical (unpaired) electrons. The van der Waals surface area contributed by atoms with Crippen molar-refractivity contribution in [3.05, 3.63) is 46.5 Å². The van der Waals surface area contributed by atoms with Gasteiger partial charge in [-0.3, -0.25) is 0 Å². The molecule has 0 aliphatic rings. The number of hydrogen-bond acceptors (Lipinski definition) is 1. The first-order valence-corrected chi connectivity index (χ1v) is 9.60. The van der Waals surface area contributed by atoms with E-state index >= 15 is 0 Å². The summed E-state index contributed by atoms with van der Waals surface area (Å²) >= 11 is 0. The normalized spacial score (nSPS) is 11.7. The molecule has 128 valence electrons. The summed E-state index contributed by atoms with van der Waals surface area (Å²) in [5.41, 5.74) is 7.69. The molecule has 24 heavy (non-hydrogen) atoms. The van der Waals surface area contributed by atoms with Gasteiger partial charge >= 0.3 is 0 Å². The van der Waals surface area contributed by atoms with Gasteiger partial charge in [-0.25, -0.2) is 0 Å². The molecule has 0 unspecified atom stereocenters. The summed E-state index contributed by atoms with van der Waals surface area (Å²) in [4.78, 5) is 0. The molecule has 3 rings (SSSR count). The minimum Gasteiger partial charge on any atom is -0.455 e. The van der Waals surface area contributed by atoms with Crippen LogP contribution in [0.2, 0.25) is 0 Å². The topological polar surface area (TPSA) is 13.1 Å². The standard InChI is InChI=1S/C23H30O/c1-5-7-8-9-11-19-13-15-21-20-14-12-18(10-6-2)16(3)22(20)24-23(21)17(19)4/h12-15H,5-11H2,1-4H3. The van der Waals surface area contributed by atoms with E-state index in [0.29, 0.717) is 0 Å². The number of rotatable bonds is 7. The van der Waals surface area contributed by atoms with E-state index in [1.807, 2.05) is 0 Å². The Hall–Kier alpha value is -1.76. The van der Waals surface area contributed by atoms with Gasteiger partial charge in [0.15, 0.2) is 0 Å². The van der Waals surface area contributed by atoms with Crippen molar-refractivity contribution < 1.29 is 4.42 Å². The van der Waals surface area contributed by atoms with Crippen molar-refractivity contribution in [2.45, 2.75) is 72.6 Å². The summed E-state index contributed by atoms with van der Waals surface area (Å²) in [5.74, 6) is 0. The lowest BCUT2D eigenvalue weighted by Crippen LogP contribution is -1.90. The Balaban J connectivity index is 2.01. The molecule has 0 amide bonds. The van der Waals surface area contributed by atoms with E-state index in [1.54, 1.807) is 0 Å². The van der Waals surface area contributed by atoms with E-state index in [4.69, 9.17) is 4.42 Å². The molecule has 0 spiro atoms. The molecule has 0 atom stereocenters. The second-order valence-electron chi connectivity index (χ2n) is 7.12. The molecule has 1 aromatic heterocycles. The number of hydrogen-bond donors (Lipinski definition) is 0. The van der Waals surface area contributed by atoms with E-state index in [0.717, 1.165) is 17.6 Å². The predicted octanol–water partition coefficient (Wildman–Crippen LogP) is 7.28. The lowest BCUT2D eigenvalue weighted by atomic mass is 9.97. The maximum absolute atomic E-state index is 6.37. The fraction of sp³-hybridized carbons (Fsp3) is 0.478. The fourth-order valence-electron chi connectivity index (χ4n) is 3.81. The molecule has 1 nitrogen and oxygen atoms in total. The summed E-state index contributed by atoms with van der Waals surface area (Å²) in [6.07, 6.45) is 8.70. The summed E-state index contributed by atoms with van der Waals surface area (Å²) < 4.78 is 6.37. The van der Waals surface area contributed by atoms with Gasteiger partial charge in [-0.15, -0.1) is 0 Å². The molecule has 0 aliphatic carbocycles. The number of aryl methyl sites for hydroxylation is 4. The lowest BCUT2D eigenvalue weighted by Gasteiger charge is -2.06. The van der Waals surface area contributed by atoms with Crippen LogP contribution in [0, 0.1) is 13.8 Å². The average Bonchev–Trinajstić information content (AvgIpc) is 2.96. The van der Waals surface area contributed by atoms with Crippen molar-refractivity contribution in [2.24, 2.45) is 0 Å². The number of fused-ring (bicyclic) bond motifs is 3. The van der Waals surface area contributed by atoms with Crippen LogP contribution in [0.4, 0.5) is 0 Å². The van der Waals surface area contributed by atoms with Gasteiger partial charge in [0.05, 0.1) is 0 Å². The molecule has 1 heteroatoms. The smallest absolute Gasteiger partial charge is 0.138 e. The van der Waals surface area contributed by atoms with Crippen molar-refractivity contribution in [2.75, 3.05) is 0 Å². The predicted molar refractivity (Wildman–Crippen MR) is 105 cm³/mol. The third kappa shape index (κ3) is 3.09. The van der Waals surface area contributed by atoms with Gasteiger partial charge < -0.3 is 4.42 Å². The van der Waals surface area contributed by atoms with Crippen LogP contribution >= 0.6 is 0 Å². The Morgan fingerprint density at radius 1 is 0.667 bits per heavy atom. The molecular weight excluding hydrogens is 292 g/mol. The van der Waals surface area contributed by atoms with Crippen LogP contribution in [-0.4, -0.2) is 0 Å². The van der Waals surface area contributed by atoms with Gasteiger partial charge in [0, 0.05) is 10.8 Å². The van der Waals surface area contributed by atoms with Crippen LogP contribution in [-0.2, 0) is 12.8 Å². The summed E-state index contributed by atoms with van der Waals surface area (Å²) in [6, 6.07) is 9.11. The molecule has 3 aromatic rings. The number of benzene rings is 2. The van der Waals surface area contributed by atoms with Crippen molar-refractivity contribution >= 4 is 21.9 Å². The quantitative estimate of drug-likeness (QED) is 0.417. The van der Waals surface area contributed by atoms with Gasteiger partial charge in [-0.2, -0.15) is 0 Å². The summed E-state index contributed by atoms with van der Waals surface area (Å²) in [7, 11) is 0. The van der Waals surface area contributed by atoms with E-state index in [9.17, 15) is 0 Å². The third-order valence-corrected chi connectivity index (χ3v) is 5.35. The molecule has 0 N–H and O–H groups in total. The molecule has 0 saturated carbocycles. The van der Waals surface area contributed by atoms with E-state index in [2.05, 4.69) is 52.0 Å². The van der Waals surface area contributed by atoms with Gasteiger partial charge in [0.2, 0.25) is 0 Å². The minimum atomic E-state index is 1.09. The Morgan fingerprint density at radius 2 is 1.25 bits per heavy atom. The Morgan fingerprint density at radius 3 is 1.79 bits per heavy atom. The van der Waals surface area contributed by atoms with E-state index < -0.39 is 0 Å². The maximum atomic E-state index is 6.37. The molecular formula is C23H30O. The fourth-order valence-corrected chi connectivity index (χ4v) is 3.81. The Labute approximate surface area is 146 Å². The monoisotopic (exact) mass is 322 g/mol. The minimum absolute atomic E-state index is 1.09. The van der Waals surface area contributed by atoms with Crippen LogP contribution in [0.3, 0.4) is 0 Å². The van der Waals surface area contributed by atoms with Gasteiger partial charge in [0.25, 0.3) is 0 Å². The molecule has 0 aliphatic heterocycles. The van der Waals surface area contributed by atoms with Crippen molar-refractivity contribution in [1.82, 2.24) is 0 Å². The maximum Gasteiger partial charge on any atom is 0.138 e. The molecule has 0 saturated heterocycles. The van der Waals surface area contributed by atoms with Crippen molar-refractivity contribution in [3.63, 3.8) is 0 Å². The molecule has 0 fully saturated rings. The number of unbranched alkanes of at least 4 members (excludes halogenated alkanes) is 3. The zero-order chi connectivity index (χ0) is 17.1. The summed E-state index contributed by atoms with van der Waals surface area (Å²) in [6.45, 7) is 8.93. The second-order valence-corrected chi connectivity index (χ2v) is 7.12. The zero-order valence-electron chi connectivity index (χ0n) is 15.7. The average molecular weight is 322 g/mol. The van der Waals surface area contributed by atoms with E-state index in [-0.39, 0.29) is 0 Å². The van der Waals surface area contributed by atoms with Crippen molar-refractivity contribution in [3.8, 4) is 0 Å². The largest absolute Gasteiger partial charge is 0.455 e. The highest BCUT2D eigenvalue weighted by Crippen LogP contribution is 2.35. The van der Waals surface area contributed by atoms with Gasteiger partial charge in [-0.1, -0.05) is 63.8 Å². The van der Waals surface area contributed by atoms with Gasteiger partial charge in [-0.05, 0) is 55.4 Å². The SMILES string of the molecule is CCCCCCc1ccc2c(oc3c(C)c(CCC)ccc32)c1C. The molecule has 2 aromatic carbocycles. The molecule has 0 bridgehead atoms. The first kappa shape index (κ1) is 17.1. The van der Waals surface area contributed by atoms with Crippen LogP contribution in [0.5, 0.6) is 0 Å². The highest BCUT2D eigenvalue weighted by atomic mass is 16.3. The first-order valence-electron chi connectivity index (χ1n) is 9.60. The summed E-state index contributed by atoms with van der Waals surface area (Å²) in [5, 5.41) is 2.54. The highest BCUT2D eigenvalue weighted by Gasteiger charge is 2.14. The van der Waals surface area contributed by atoms with Crippen LogP contribution in [0.1, 0.15) is 68.2 Å². The highest BCUT2D eigenvalue weighted by molar-refractivity contribution is 6.07. The van der Waals surface area contributed by atoms with Gasteiger partial charge in [0.1, 0.15) is 11.2 Å². The van der Waals surface area contributed by atoms with Crippen LogP contribution in [0.15, 0.2) is 28.7 Å².